The maximum absolute atomic E-state index is 8.05. The number of nitrogens with zero attached hydrogens (tertiary/aromatic N) is 3. The van der Waals surface area contributed by atoms with Crippen LogP contribution in [0, 0.1) is 0 Å². The van der Waals surface area contributed by atoms with E-state index < -0.39 is 0 Å². The Balaban J connectivity index is 2.24. The van der Waals surface area contributed by atoms with Crippen LogP contribution >= 0.6 is 23.4 Å². The van der Waals surface area contributed by atoms with E-state index in [2.05, 4.69) is 10.0 Å². The van der Waals surface area contributed by atoms with Crippen molar-refractivity contribution in [2.45, 2.75) is 11.3 Å². The van der Waals surface area contributed by atoms with Gasteiger partial charge in [-0.2, -0.15) is 0 Å². The molecule has 0 heterocycles. The van der Waals surface area contributed by atoms with Gasteiger partial charge >= 0.3 is 0 Å². The van der Waals surface area contributed by atoms with Crippen LogP contribution in [0.25, 0.3) is 10.4 Å². The minimum atomic E-state index is 0.567. The molecule has 0 fully saturated rings. The maximum Gasteiger partial charge on any atom is 0.0406 e. The van der Waals surface area contributed by atoms with Gasteiger partial charge in [-0.05, 0) is 42.0 Å². The Bertz CT molecular complexity index is 319. The fraction of sp³-hybridized carbons (Fsp3) is 0.333. The second-order valence-electron chi connectivity index (χ2n) is 2.61. The van der Waals surface area contributed by atoms with Gasteiger partial charge in [0, 0.05) is 21.4 Å². The van der Waals surface area contributed by atoms with E-state index in [1.807, 2.05) is 24.3 Å². The van der Waals surface area contributed by atoms with Crippen molar-refractivity contribution in [2.24, 2.45) is 5.11 Å². The Kier molecular flexibility index (Phi) is 5.30. The second kappa shape index (κ2) is 6.60. The van der Waals surface area contributed by atoms with E-state index >= 15 is 0 Å². The largest absolute Gasteiger partial charge is 0.126 e. The monoisotopic (exact) mass is 227 g/mol. The fourth-order valence-electron chi connectivity index (χ4n) is 0.901. The van der Waals surface area contributed by atoms with E-state index in [0.717, 1.165) is 17.2 Å². The third-order valence-electron chi connectivity index (χ3n) is 1.55. The highest BCUT2D eigenvalue weighted by Crippen LogP contribution is 2.20. The number of hydrogen-bond acceptors (Lipinski definition) is 2. The molecule has 0 aliphatic rings. The van der Waals surface area contributed by atoms with Gasteiger partial charge in [0.05, 0.1) is 0 Å². The summed E-state index contributed by atoms with van der Waals surface area (Å²) < 4.78 is 0. The SMILES string of the molecule is [N-]=[N+]=NCCCSc1ccc(Cl)cc1. The van der Waals surface area contributed by atoms with Crippen LogP contribution in [0.4, 0.5) is 0 Å². The van der Waals surface area contributed by atoms with Crippen LogP contribution in [0.5, 0.6) is 0 Å². The predicted molar refractivity (Wildman–Crippen MR) is 60.8 cm³/mol. The third kappa shape index (κ3) is 4.42. The molecular formula is C9H10ClN3S. The summed E-state index contributed by atoms with van der Waals surface area (Å²) in [5.41, 5.74) is 8.05. The summed E-state index contributed by atoms with van der Waals surface area (Å²) in [5, 5.41) is 4.22. The lowest BCUT2D eigenvalue weighted by Crippen LogP contribution is -1.83. The first-order valence-electron chi connectivity index (χ1n) is 4.22. The van der Waals surface area contributed by atoms with Gasteiger partial charge in [-0.3, -0.25) is 0 Å². The quantitative estimate of drug-likeness (QED) is 0.245. The molecule has 0 saturated carbocycles. The Hall–Kier alpha value is -0.830. The molecule has 0 unspecified atom stereocenters. The summed E-state index contributed by atoms with van der Waals surface area (Å²) in [6, 6.07) is 7.72. The minimum Gasteiger partial charge on any atom is -0.126 e. The molecule has 0 saturated heterocycles. The van der Waals surface area contributed by atoms with Crippen molar-refractivity contribution in [3.05, 3.63) is 39.7 Å². The van der Waals surface area contributed by atoms with Crippen molar-refractivity contribution >= 4 is 23.4 Å². The number of benzene rings is 1. The van der Waals surface area contributed by atoms with Gasteiger partial charge in [-0.1, -0.05) is 16.7 Å². The molecule has 1 aromatic rings. The van der Waals surface area contributed by atoms with Gasteiger partial charge in [0.15, 0.2) is 0 Å². The molecule has 0 bridgehead atoms. The van der Waals surface area contributed by atoms with Crippen molar-refractivity contribution in [3.8, 4) is 0 Å². The van der Waals surface area contributed by atoms with Crippen molar-refractivity contribution in [1.82, 2.24) is 0 Å². The molecule has 14 heavy (non-hydrogen) atoms. The lowest BCUT2D eigenvalue weighted by Gasteiger charge is -1.99. The molecule has 1 rings (SSSR count). The van der Waals surface area contributed by atoms with Crippen LogP contribution in [0.2, 0.25) is 5.02 Å². The van der Waals surface area contributed by atoms with Crippen LogP contribution in [0.1, 0.15) is 6.42 Å². The number of hydrogen-bond donors (Lipinski definition) is 0. The molecule has 0 radical (unpaired) electrons. The number of rotatable bonds is 5. The molecule has 0 aromatic heterocycles. The number of halogens is 1. The summed E-state index contributed by atoms with van der Waals surface area (Å²) in [5.74, 6) is 0.959. The molecule has 1 aromatic carbocycles. The summed E-state index contributed by atoms with van der Waals surface area (Å²) in [7, 11) is 0. The highest BCUT2D eigenvalue weighted by Gasteiger charge is 1.93. The molecule has 74 valence electrons. The standard InChI is InChI=1S/C9H10ClN3S/c10-8-2-4-9(5-3-8)14-7-1-6-12-13-11/h2-5H,1,6-7H2. The molecule has 0 aliphatic carbocycles. The summed E-state index contributed by atoms with van der Waals surface area (Å²) in [6.07, 6.45) is 0.900. The highest BCUT2D eigenvalue weighted by molar-refractivity contribution is 7.99. The molecule has 0 N–H and O–H groups in total. The van der Waals surface area contributed by atoms with Crippen LogP contribution in [0.3, 0.4) is 0 Å². The van der Waals surface area contributed by atoms with Crippen molar-refractivity contribution in [1.29, 1.82) is 0 Å². The van der Waals surface area contributed by atoms with Crippen molar-refractivity contribution in [3.63, 3.8) is 0 Å². The van der Waals surface area contributed by atoms with Gasteiger partial charge in [-0.25, -0.2) is 0 Å². The first-order valence-corrected chi connectivity index (χ1v) is 5.58. The highest BCUT2D eigenvalue weighted by atomic mass is 35.5. The Labute approximate surface area is 92.1 Å². The molecular weight excluding hydrogens is 218 g/mol. The second-order valence-corrected chi connectivity index (χ2v) is 4.22. The molecule has 0 aliphatic heterocycles. The zero-order valence-electron chi connectivity index (χ0n) is 7.56. The first kappa shape index (κ1) is 11.2. The van der Waals surface area contributed by atoms with Gasteiger partial charge in [-0.15, -0.1) is 11.8 Å². The topological polar surface area (TPSA) is 48.8 Å². The van der Waals surface area contributed by atoms with Gasteiger partial charge in [0.2, 0.25) is 0 Å². The Morgan fingerprint density at radius 2 is 2.07 bits per heavy atom. The average molecular weight is 228 g/mol. The summed E-state index contributed by atoms with van der Waals surface area (Å²) in [6.45, 7) is 0.567. The summed E-state index contributed by atoms with van der Waals surface area (Å²) in [4.78, 5) is 3.88. The zero-order chi connectivity index (χ0) is 10.2. The van der Waals surface area contributed by atoms with Gasteiger partial charge in [0.1, 0.15) is 0 Å². The molecule has 0 spiro atoms. The smallest absolute Gasteiger partial charge is 0.0406 e. The predicted octanol–water partition coefficient (Wildman–Crippen LogP) is 4.13. The maximum atomic E-state index is 8.05. The van der Waals surface area contributed by atoms with E-state index in [1.165, 1.54) is 4.90 Å². The van der Waals surface area contributed by atoms with E-state index in [4.69, 9.17) is 17.1 Å². The van der Waals surface area contributed by atoms with E-state index in [1.54, 1.807) is 11.8 Å². The molecule has 5 heteroatoms. The van der Waals surface area contributed by atoms with E-state index in [-0.39, 0.29) is 0 Å². The fourth-order valence-corrected chi connectivity index (χ4v) is 1.86. The number of azide groups is 1. The molecule has 0 amide bonds. The first-order chi connectivity index (χ1) is 6.83. The van der Waals surface area contributed by atoms with Gasteiger partial charge < -0.3 is 0 Å². The van der Waals surface area contributed by atoms with Crippen LogP contribution in [0.15, 0.2) is 34.3 Å². The average Bonchev–Trinajstić information content (AvgIpc) is 2.21. The summed E-state index contributed by atoms with van der Waals surface area (Å²) >= 11 is 7.49. The minimum absolute atomic E-state index is 0.567. The van der Waals surface area contributed by atoms with Crippen molar-refractivity contribution < 1.29 is 0 Å². The lowest BCUT2D eigenvalue weighted by atomic mass is 10.4. The molecule has 3 nitrogen and oxygen atoms in total. The van der Waals surface area contributed by atoms with Crippen LogP contribution in [-0.4, -0.2) is 12.3 Å². The Morgan fingerprint density at radius 3 is 2.71 bits per heavy atom. The molecule has 0 atom stereocenters. The van der Waals surface area contributed by atoms with E-state index in [0.29, 0.717) is 6.54 Å². The lowest BCUT2D eigenvalue weighted by molar-refractivity contribution is 0.932. The Morgan fingerprint density at radius 1 is 1.36 bits per heavy atom. The number of thioether (sulfide) groups is 1. The zero-order valence-corrected chi connectivity index (χ0v) is 9.13. The van der Waals surface area contributed by atoms with E-state index in [9.17, 15) is 0 Å². The van der Waals surface area contributed by atoms with Crippen LogP contribution < -0.4 is 0 Å². The third-order valence-corrected chi connectivity index (χ3v) is 2.90. The normalized spacial score (nSPS) is 9.50. The van der Waals surface area contributed by atoms with Crippen LogP contribution in [-0.2, 0) is 0 Å². The van der Waals surface area contributed by atoms with Gasteiger partial charge in [0.25, 0.3) is 0 Å². The van der Waals surface area contributed by atoms with Crippen molar-refractivity contribution in [2.75, 3.05) is 12.3 Å².